The molecule has 1 aliphatic heterocycles. The third-order valence-electron chi connectivity index (χ3n) is 3.61. The highest BCUT2D eigenvalue weighted by molar-refractivity contribution is 7.89. The van der Waals surface area contributed by atoms with Gasteiger partial charge < -0.3 is 4.90 Å². The molecule has 1 fully saturated rings. The van der Waals surface area contributed by atoms with Crippen LogP contribution in [0.1, 0.15) is 0 Å². The van der Waals surface area contributed by atoms with Crippen molar-refractivity contribution in [2.24, 2.45) is 0 Å². The number of aromatic nitrogens is 1. The van der Waals surface area contributed by atoms with Gasteiger partial charge in [-0.3, -0.25) is 0 Å². The van der Waals surface area contributed by atoms with Crippen LogP contribution in [0, 0.1) is 6.07 Å². The topological polar surface area (TPSA) is 53.5 Å². The predicted octanol–water partition coefficient (Wildman–Crippen LogP) is 2.05. The third kappa shape index (κ3) is 3.09. The van der Waals surface area contributed by atoms with E-state index in [1.807, 2.05) is 6.07 Å². The minimum Gasteiger partial charge on any atom is -0.354 e. The number of anilines is 1. The van der Waals surface area contributed by atoms with Gasteiger partial charge in [0.2, 0.25) is 10.0 Å². The molecule has 0 saturated carbocycles. The monoisotopic (exact) mass is 336 g/mol. The van der Waals surface area contributed by atoms with Crippen molar-refractivity contribution in [3.63, 3.8) is 0 Å². The molecule has 0 bridgehead atoms. The van der Waals surface area contributed by atoms with E-state index in [1.165, 1.54) is 4.31 Å². The molecule has 1 aromatic heterocycles. The SMILES string of the molecule is O=S(=O)(c1ccc(Cl)cc1)N1CCN(c2cc[c]cn2)CC1. The molecular formula is C15H15ClN3O2S. The number of pyridine rings is 1. The maximum absolute atomic E-state index is 12.6. The van der Waals surface area contributed by atoms with Gasteiger partial charge in [-0.2, -0.15) is 4.31 Å². The van der Waals surface area contributed by atoms with Crippen molar-refractivity contribution in [1.82, 2.24) is 9.29 Å². The lowest BCUT2D eigenvalue weighted by Crippen LogP contribution is -2.48. The third-order valence-corrected chi connectivity index (χ3v) is 5.78. The van der Waals surface area contributed by atoms with E-state index < -0.39 is 10.0 Å². The average molecular weight is 337 g/mol. The second-order valence-corrected chi connectivity index (χ2v) is 7.34. The molecule has 1 radical (unpaired) electrons. The summed E-state index contributed by atoms with van der Waals surface area (Å²) in [5.74, 6) is 0.849. The van der Waals surface area contributed by atoms with Crippen molar-refractivity contribution in [2.45, 2.75) is 4.90 Å². The Labute approximate surface area is 135 Å². The molecule has 1 saturated heterocycles. The lowest BCUT2D eigenvalue weighted by molar-refractivity contribution is 0.384. The molecule has 0 atom stereocenters. The molecule has 0 aliphatic carbocycles. The van der Waals surface area contributed by atoms with Gasteiger partial charge in [0.1, 0.15) is 5.82 Å². The van der Waals surface area contributed by atoms with Crippen LogP contribution in [0.2, 0.25) is 5.02 Å². The van der Waals surface area contributed by atoms with Crippen LogP contribution < -0.4 is 4.90 Å². The van der Waals surface area contributed by atoms with E-state index in [9.17, 15) is 8.42 Å². The summed E-state index contributed by atoms with van der Waals surface area (Å²) in [6, 6.07) is 12.8. The van der Waals surface area contributed by atoms with Crippen LogP contribution in [0.15, 0.2) is 47.5 Å². The molecule has 0 spiro atoms. The zero-order valence-corrected chi connectivity index (χ0v) is 13.4. The lowest BCUT2D eigenvalue weighted by atomic mass is 10.3. The Morgan fingerprint density at radius 2 is 1.73 bits per heavy atom. The van der Waals surface area contributed by atoms with Crippen molar-refractivity contribution in [2.75, 3.05) is 31.1 Å². The molecule has 5 nitrogen and oxygen atoms in total. The zero-order chi connectivity index (χ0) is 15.6. The summed E-state index contributed by atoms with van der Waals surface area (Å²) in [6.45, 7) is 2.10. The Morgan fingerprint density at radius 1 is 1.05 bits per heavy atom. The summed E-state index contributed by atoms with van der Waals surface area (Å²) < 4.78 is 26.7. The van der Waals surface area contributed by atoms with Crippen molar-refractivity contribution in [1.29, 1.82) is 0 Å². The minimum absolute atomic E-state index is 0.276. The number of piperazine rings is 1. The Kier molecular flexibility index (Phi) is 4.33. The number of benzene rings is 1. The fraction of sp³-hybridized carbons (Fsp3) is 0.267. The summed E-state index contributed by atoms with van der Waals surface area (Å²) in [6.07, 6.45) is 1.62. The highest BCUT2D eigenvalue weighted by Gasteiger charge is 2.28. The van der Waals surface area contributed by atoms with Crippen LogP contribution in [0.3, 0.4) is 0 Å². The second kappa shape index (κ2) is 6.24. The Balaban J connectivity index is 1.72. The van der Waals surface area contributed by atoms with E-state index >= 15 is 0 Å². The number of nitrogens with zero attached hydrogens (tertiary/aromatic N) is 3. The molecule has 22 heavy (non-hydrogen) atoms. The Hall–Kier alpha value is -1.63. The van der Waals surface area contributed by atoms with E-state index in [-0.39, 0.29) is 4.90 Å². The normalized spacial score (nSPS) is 16.7. The number of halogens is 1. The van der Waals surface area contributed by atoms with Crippen molar-refractivity contribution in [3.8, 4) is 0 Å². The summed E-state index contributed by atoms with van der Waals surface area (Å²) >= 11 is 5.81. The fourth-order valence-corrected chi connectivity index (χ4v) is 3.96. The molecule has 2 heterocycles. The molecule has 0 unspecified atom stereocenters. The molecule has 2 aromatic rings. The van der Waals surface area contributed by atoms with E-state index in [4.69, 9.17) is 11.6 Å². The number of hydrogen-bond donors (Lipinski definition) is 0. The first-order chi connectivity index (χ1) is 10.6. The first-order valence-electron chi connectivity index (χ1n) is 6.90. The minimum atomic E-state index is -3.46. The second-order valence-electron chi connectivity index (χ2n) is 4.96. The van der Waals surface area contributed by atoms with Crippen molar-refractivity contribution in [3.05, 3.63) is 53.7 Å². The summed E-state index contributed by atoms with van der Waals surface area (Å²) in [5, 5.41) is 0.524. The fourth-order valence-electron chi connectivity index (χ4n) is 2.41. The molecular weight excluding hydrogens is 322 g/mol. The van der Waals surface area contributed by atoms with Crippen LogP contribution in [0.5, 0.6) is 0 Å². The quantitative estimate of drug-likeness (QED) is 0.860. The number of sulfonamides is 1. The molecule has 3 rings (SSSR count). The van der Waals surface area contributed by atoms with E-state index in [0.29, 0.717) is 31.2 Å². The number of hydrogen-bond acceptors (Lipinski definition) is 4. The van der Waals surface area contributed by atoms with Gasteiger partial charge in [0.15, 0.2) is 0 Å². The van der Waals surface area contributed by atoms with E-state index in [0.717, 1.165) is 5.82 Å². The van der Waals surface area contributed by atoms with Gasteiger partial charge in [0.05, 0.1) is 4.90 Å². The maximum Gasteiger partial charge on any atom is 0.243 e. The highest BCUT2D eigenvalue weighted by atomic mass is 35.5. The molecule has 1 aliphatic rings. The van der Waals surface area contributed by atoms with Crippen LogP contribution in [-0.2, 0) is 10.0 Å². The first kappa shape index (κ1) is 15.3. The lowest BCUT2D eigenvalue weighted by Gasteiger charge is -2.34. The standard InChI is InChI=1S/C15H15ClN3O2S/c16-13-4-6-14(7-5-13)22(20,21)19-11-9-18(10-12-19)15-3-1-2-8-17-15/h1,3-8H,9-12H2. The molecule has 0 N–H and O–H groups in total. The van der Waals surface area contributed by atoms with Crippen LogP contribution >= 0.6 is 11.6 Å². The van der Waals surface area contributed by atoms with Gasteiger partial charge in [-0.25, -0.2) is 13.4 Å². The van der Waals surface area contributed by atoms with Gasteiger partial charge >= 0.3 is 0 Å². The van der Waals surface area contributed by atoms with Crippen molar-refractivity contribution < 1.29 is 8.42 Å². The molecule has 1 aromatic carbocycles. The summed E-state index contributed by atoms with van der Waals surface area (Å²) in [5.41, 5.74) is 0. The van der Waals surface area contributed by atoms with E-state index in [2.05, 4.69) is 16.0 Å². The van der Waals surface area contributed by atoms with Gasteiger partial charge in [-0.15, -0.1) is 0 Å². The summed E-state index contributed by atoms with van der Waals surface area (Å²) in [4.78, 5) is 6.59. The van der Waals surface area contributed by atoms with Gasteiger partial charge in [0, 0.05) is 43.5 Å². The molecule has 0 amide bonds. The van der Waals surface area contributed by atoms with Crippen molar-refractivity contribution >= 4 is 27.4 Å². The smallest absolute Gasteiger partial charge is 0.243 e. The molecule has 7 heteroatoms. The Morgan fingerprint density at radius 3 is 2.32 bits per heavy atom. The van der Waals surface area contributed by atoms with E-state index in [1.54, 1.807) is 36.5 Å². The predicted molar refractivity (Wildman–Crippen MR) is 85.5 cm³/mol. The maximum atomic E-state index is 12.6. The first-order valence-corrected chi connectivity index (χ1v) is 8.72. The Bertz CT molecular complexity index is 727. The summed E-state index contributed by atoms with van der Waals surface area (Å²) in [7, 11) is -3.46. The van der Waals surface area contributed by atoms with Gasteiger partial charge in [-0.1, -0.05) is 11.6 Å². The van der Waals surface area contributed by atoms with Crippen LogP contribution in [0.4, 0.5) is 5.82 Å². The average Bonchev–Trinajstić information content (AvgIpc) is 2.56. The van der Waals surface area contributed by atoms with Gasteiger partial charge in [0.25, 0.3) is 0 Å². The largest absolute Gasteiger partial charge is 0.354 e. The highest BCUT2D eigenvalue weighted by Crippen LogP contribution is 2.21. The molecule has 115 valence electrons. The number of rotatable bonds is 3. The van der Waals surface area contributed by atoms with Gasteiger partial charge in [-0.05, 0) is 36.4 Å². The zero-order valence-electron chi connectivity index (χ0n) is 11.8. The van der Waals surface area contributed by atoms with Crippen LogP contribution in [-0.4, -0.2) is 43.9 Å². The van der Waals surface area contributed by atoms with Crippen LogP contribution in [0.25, 0.3) is 0 Å².